The summed E-state index contributed by atoms with van der Waals surface area (Å²) in [5.74, 6) is 1.24. The third-order valence-corrected chi connectivity index (χ3v) is 3.58. The van der Waals surface area contributed by atoms with E-state index in [1.54, 1.807) is 0 Å². The second kappa shape index (κ2) is 5.89. The van der Waals surface area contributed by atoms with E-state index in [-0.39, 0.29) is 17.9 Å². The molecule has 1 aliphatic rings. The van der Waals surface area contributed by atoms with Gasteiger partial charge in [-0.25, -0.2) is 0 Å². The summed E-state index contributed by atoms with van der Waals surface area (Å²) in [7, 11) is 0. The minimum atomic E-state index is 0.105. The quantitative estimate of drug-likeness (QED) is 0.888. The van der Waals surface area contributed by atoms with Crippen molar-refractivity contribution in [1.82, 2.24) is 5.32 Å². The average Bonchev–Trinajstić information content (AvgIpc) is 2.40. The van der Waals surface area contributed by atoms with E-state index in [0.717, 1.165) is 25.0 Å². The Morgan fingerprint density at radius 1 is 1.39 bits per heavy atom. The SMILES string of the molecule is CCC(CC)C(=O)NC1COc2ccccc2C1. The van der Waals surface area contributed by atoms with Gasteiger partial charge in [0.1, 0.15) is 12.4 Å². The average molecular weight is 247 g/mol. The van der Waals surface area contributed by atoms with Crippen LogP contribution in [0.1, 0.15) is 32.3 Å². The summed E-state index contributed by atoms with van der Waals surface area (Å²) in [5.41, 5.74) is 1.18. The van der Waals surface area contributed by atoms with Gasteiger partial charge in [-0.15, -0.1) is 0 Å². The highest BCUT2D eigenvalue weighted by Gasteiger charge is 2.23. The number of para-hydroxylation sites is 1. The lowest BCUT2D eigenvalue weighted by molar-refractivity contribution is -0.126. The van der Waals surface area contributed by atoms with Gasteiger partial charge in [0.15, 0.2) is 0 Å². The number of carbonyl (C=O) groups is 1. The molecule has 1 amide bonds. The first-order valence-corrected chi connectivity index (χ1v) is 6.75. The van der Waals surface area contributed by atoms with E-state index < -0.39 is 0 Å². The van der Waals surface area contributed by atoms with E-state index in [1.807, 2.05) is 18.2 Å². The van der Waals surface area contributed by atoms with Gasteiger partial charge in [0.25, 0.3) is 0 Å². The molecule has 1 aromatic rings. The van der Waals surface area contributed by atoms with Crippen LogP contribution in [-0.2, 0) is 11.2 Å². The lowest BCUT2D eigenvalue weighted by Crippen LogP contribution is -2.45. The van der Waals surface area contributed by atoms with Crippen molar-refractivity contribution in [2.45, 2.75) is 39.2 Å². The Labute approximate surface area is 109 Å². The Morgan fingerprint density at radius 2 is 2.11 bits per heavy atom. The van der Waals surface area contributed by atoms with Crippen molar-refractivity contribution in [1.29, 1.82) is 0 Å². The normalized spacial score (nSPS) is 18.1. The minimum Gasteiger partial charge on any atom is -0.491 e. The predicted octanol–water partition coefficient (Wildman–Crippen LogP) is 2.54. The highest BCUT2D eigenvalue weighted by molar-refractivity contribution is 5.78. The molecule has 3 nitrogen and oxygen atoms in total. The Kier molecular flexibility index (Phi) is 4.24. The molecule has 1 heterocycles. The van der Waals surface area contributed by atoms with Crippen LogP contribution in [0.25, 0.3) is 0 Å². The van der Waals surface area contributed by atoms with Crippen LogP contribution in [0.3, 0.4) is 0 Å². The topological polar surface area (TPSA) is 38.3 Å². The summed E-state index contributed by atoms with van der Waals surface area (Å²) in [6.07, 6.45) is 2.65. The zero-order chi connectivity index (χ0) is 13.0. The van der Waals surface area contributed by atoms with E-state index in [4.69, 9.17) is 4.74 Å². The largest absolute Gasteiger partial charge is 0.491 e. The maximum Gasteiger partial charge on any atom is 0.223 e. The fourth-order valence-corrected chi connectivity index (χ4v) is 2.40. The van der Waals surface area contributed by atoms with E-state index in [0.29, 0.717) is 6.61 Å². The van der Waals surface area contributed by atoms with E-state index in [9.17, 15) is 4.79 Å². The van der Waals surface area contributed by atoms with Crippen molar-refractivity contribution in [3.8, 4) is 5.75 Å². The van der Waals surface area contributed by atoms with Gasteiger partial charge in [0, 0.05) is 5.92 Å². The lowest BCUT2D eigenvalue weighted by atomic mass is 9.99. The second-order valence-corrected chi connectivity index (χ2v) is 4.84. The molecular formula is C15H21NO2. The molecule has 98 valence electrons. The number of fused-ring (bicyclic) bond motifs is 1. The van der Waals surface area contributed by atoms with Gasteiger partial charge in [0.05, 0.1) is 6.04 Å². The van der Waals surface area contributed by atoms with Crippen LogP contribution < -0.4 is 10.1 Å². The summed E-state index contributed by atoms with van der Waals surface area (Å²) in [6.45, 7) is 4.68. The second-order valence-electron chi connectivity index (χ2n) is 4.84. The van der Waals surface area contributed by atoms with E-state index >= 15 is 0 Å². The van der Waals surface area contributed by atoms with Gasteiger partial charge >= 0.3 is 0 Å². The Morgan fingerprint density at radius 3 is 2.83 bits per heavy atom. The molecule has 3 heteroatoms. The van der Waals surface area contributed by atoms with Gasteiger partial charge in [-0.2, -0.15) is 0 Å². The van der Waals surface area contributed by atoms with Crippen LogP contribution >= 0.6 is 0 Å². The molecule has 0 aliphatic carbocycles. The fraction of sp³-hybridized carbons (Fsp3) is 0.533. The molecule has 1 aromatic carbocycles. The molecule has 1 aliphatic heterocycles. The first kappa shape index (κ1) is 12.9. The molecule has 0 bridgehead atoms. The van der Waals surface area contributed by atoms with Crippen LogP contribution in [0.15, 0.2) is 24.3 Å². The summed E-state index contributed by atoms with van der Waals surface area (Å²) in [4.78, 5) is 12.0. The third kappa shape index (κ3) is 2.84. The van der Waals surface area contributed by atoms with E-state index in [2.05, 4.69) is 25.2 Å². The lowest BCUT2D eigenvalue weighted by Gasteiger charge is -2.27. The Bertz CT molecular complexity index is 413. The van der Waals surface area contributed by atoms with Crippen molar-refractivity contribution in [2.24, 2.45) is 5.92 Å². The van der Waals surface area contributed by atoms with Crippen LogP contribution in [0, 0.1) is 5.92 Å². The fourth-order valence-electron chi connectivity index (χ4n) is 2.40. The number of benzene rings is 1. The zero-order valence-corrected chi connectivity index (χ0v) is 11.1. The van der Waals surface area contributed by atoms with Crippen molar-refractivity contribution in [2.75, 3.05) is 6.61 Å². The number of carbonyl (C=O) groups excluding carboxylic acids is 1. The molecular weight excluding hydrogens is 226 g/mol. The Hall–Kier alpha value is -1.51. The highest BCUT2D eigenvalue weighted by atomic mass is 16.5. The zero-order valence-electron chi connectivity index (χ0n) is 11.1. The molecule has 0 aromatic heterocycles. The van der Waals surface area contributed by atoms with Crippen molar-refractivity contribution < 1.29 is 9.53 Å². The molecule has 2 rings (SSSR count). The monoisotopic (exact) mass is 247 g/mol. The molecule has 0 fully saturated rings. The number of hydrogen-bond donors (Lipinski definition) is 1. The van der Waals surface area contributed by atoms with Gasteiger partial charge < -0.3 is 10.1 Å². The molecule has 18 heavy (non-hydrogen) atoms. The summed E-state index contributed by atoms with van der Waals surface area (Å²) < 4.78 is 5.67. The van der Waals surface area contributed by atoms with Gasteiger partial charge in [-0.3, -0.25) is 4.79 Å². The van der Waals surface area contributed by atoms with Gasteiger partial charge in [0.2, 0.25) is 5.91 Å². The first-order chi connectivity index (χ1) is 8.74. The standard InChI is InChI=1S/C15H21NO2/c1-3-11(4-2)15(17)16-13-9-12-7-5-6-8-14(12)18-10-13/h5-8,11,13H,3-4,9-10H2,1-2H3,(H,16,17). The van der Waals surface area contributed by atoms with Crippen LogP contribution in [0.2, 0.25) is 0 Å². The number of amides is 1. The Balaban J connectivity index is 1.95. The number of nitrogens with one attached hydrogen (secondary N) is 1. The maximum atomic E-state index is 12.0. The maximum absolute atomic E-state index is 12.0. The van der Waals surface area contributed by atoms with Crippen LogP contribution in [0.5, 0.6) is 5.75 Å². The number of rotatable bonds is 4. The summed E-state index contributed by atoms with van der Waals surface area (Å²) in [5, 5.41) is 3.10. The van der Waals surface area contributed by atoms with Crippen molar-refractivity contribution in [3.63, 3.8) is 0 Å². The molecule has 1 atom stereocenters. The van der Waals surface area contributed by atoms with Crippen LogP contribution in [0.4, 0.5) is 0 Å². The van der Waals surface area contributed by atoms with Crippen molar-refractivity contribution in [3.05, 3.63) is 29.8 Å². The molecule has 0 saturated carbocycles. The van der Waals surface area contributed by atoms with Gasteiger partial charge in [-0.1, -0.05) is 32.0 Å². The highest BCUT2D eigenvalue weighted by Crippen LogP contribution is 2.24. The minimum absolute atomic E-state index is 0.105. The first-order valence-electron chi connectivity index (χ1n) is 6.75. The molecule has 0 saturated heterocycles. The predicted molar refractivity (Wildman–Crippen MR) is 71.6 cm³/mol. The van der Waals surface area contributed by atoms with E-state index in [1.165, 1.54) is 5.56 Å². The number of hydrogen-bond acceptors (Lipinski definition) is 2. The number of ether oxygens (including phenoxy) is 1. The third-order valence-electron chi connectivity index (χ3n) is 3.58. The van der Waals surface area contributed by atoms with Gasteiger partial charge in [-0.05, 0) is 30.9 Å². The van der Waals surface area contributed by atoms with Crippen molar-refractivity contribution >= 4 is 5.91 Å². The van der Waals surface area contributed by atoms with Crippen LogP contribution in [-0.4, -0.2) is 18.6 Å². The molecule has 1 unspecified atom stereocenters. The molecule has 1 N–H and O–H groups in total. The summed E-state index contributed by atoms with van der Waals surface area (Å²) in [6, 6.07) is 8.13. The smallest absolute Gasteiger partial charge is 0.223 e. The molecule has 0 spiro atoms. The summed E-state index contributed by atoms with van der Waals surface area (Å²) >= 11 is 0. The molecule has 0 radical (unpaired) electrons.